The molecular formula is C21H46N2O3Sn. The van der Waals surface area contributed by atoms with Crippen molar-refractivity contribution in [3.05, 3.63) is 0 Å². The van der Waals surface area contributed by atoms with E-state index in [1.54, 1.807) is 11.9 Å². The molecule has 1 amide bonds. The first-order chi connectivity index (χ1) is 12.8. The quantitative estimate of drug-likeness (QED) is 0.209. The summed E-state index contributed by atoms with van der Waals surface area (Å²) in [6.07, 6.45) is 7.01. The van der Waals surface area contributed by atoms with Gasteiger partial charge in [0.2, 0.25) is 0 Å². The van der Waals surface area contributed by atoms with Gasteiger partial charge in [0.05, 0.1) is 0 Å². The number of nitrogens with one attached hydrogen (secondary N) is 1. The molecule has 0 rings (SSSR count). The van der Waals surface area contributed by atoms with Crippen molar-refractivity contribution in [1.29, 1.82) is 0 Å². The van der Waals surface area contributed by atoms with E-state index in [4.69, 9.17) is 0 Å². The van der Waals surface area contributed by atoms with Crippen LogP contribution < -0.4 is 5.43 Å². The molecule has 0 bridgehead atoms. The first-order valence-corrected chi connectivity index (χ1v) is 19.3. The summed E-state index contributed by atoms with van der Waals surface area (Å²) in [6, 6.07) is 0. The van der Waals surface area contributed by atoms with E-state index in [9.17, 15) is 15.0 Å². The van der Waals surface area contributed by atoms with Gasteiger partial charge in [0.1, 0.15) is 0 Å². The summed E-state index contributed by atoms with van der Waals surface area (Å²) in [5.41, 5.74) is 2.84. The van der Waals surface area contributed by atoms with Crippen LogP contribution in [-0.4, -0.2) is 64.8 Å². The van der Waals surface area contributed by atoms with E-state index in [0.29, 0.717) is 19.5 Å². The Hall–Kier alpha value is 0.149. The maximum atomic E-state index is 11.8. The van der Waals surface area contributed by atoms with Crippen LogP contribution in [0, 0.1) is 0 Å². The molecule has 0 heterocycles. The molecule has 6 heteroatoms. The SMILES string of the molecule is CCC[CH2][Sn]([CH2]CCC)([CH2]CCC)[CH2]C(O)CN(CC(C)O)NC(=O)CC. The summed E-state index contributed by atoms with van der Waals surface area (Å²) in [6.45, 7) is 11.1. The summed E-state index contributed by atoms with van der Waals surface area (Å²) in [4.78, 5) is 11.8. The molecule has 0 radical (unpaired) electrons. The minimum absolute atomic E-state index is 0.0689. The predicted molar refractivity (Wildman–Crippen MR) is 117 cm³/mol. The number of unbranched alkanes of at least 4 members (excludes halogenated alkanes) is 3. The van der Waals surface area contributed by atoms with Crippen molar-refractivity contribution in [1.82, 2.24) is 10.4 Å². The molecule has 162 valence electrons. The van der Waals surface area contributed by atoms with E-state index in [2.05, 4.69) is 26.2 Å². The number of hydrazine groups is 1. The molecule has 0 aliphatic rings. The molecule has 0 aromatic rings. The number of carbonyl (C=O) groups excluding carboxylic acids is 1. The summed E-state index contributed by atoms with van der Waals surface area (Å²) in [7, 11) is 0. The van der Waals surface area contributed by atoms with Gasteiger partial charge in [0.15, 0.2) is 0 Å². The number of hydrogen-bond donors (Lipinski definition) is 3. The summed E-state index contributed by atoms with van der Waals surface area (Å²) in [5.74, 6) is -0.0689. The van der Waals surface area contributed by atoms with Crippen molar-refractivity contribution < 1.29 is 15.0 Å². The normalized spacial score (nSPS) is 14.4. The van der Waals surface area contributed by atoms with Gasteiger partial charge in [0.25, 0.3) is 0 Å². The average Bonchev–Trinajstić information content (AvgIpc) is 2.61. The first-order valence-electron chi connectivity index (χ1n) is 11.2. The van der Waals surface area contributed by atoms with Gasteiger partial charge in [-0.1, -0.05) is 0 Å². The minimum atomic E-state index is -2.41. The third-order valence-electron chi connectivity index (χ3n) is 5.37. The van der Waals surface area contributed by atoms with Crippen molar-refractivity contribution in [2.45, 2.75) is 110 Å². The fraction of sp³-hybridized carbons (Fsp3) is 0.952. The fourth-order valence-corrected chi connectivity index (χ4v) is 20.5. The maximum absolute atomic E-state index is 11.8. The third-order valence-corrected chi connectivity index (χ3v) is 21.3. The molecule has 3 N–H and O–H groups in total. The Morgan fingerprint density at radius 1 is 0.926 bits per heavy atom. The molecule has 2 unspecified atom stereocenters. The van der Waals surface area contributed by atoms with Crippen LogP contribution in [0.2, 0.25) is 17.7 Å². The average molecular weight is 493 g/mol. The molecule has 0 aliphatic carbocycles. The van der Waals surface area contributed by atoms with Gasteiger partial charge in [0, 0.05) is 0 Å². The van der Waals surface area contributed by atoms with E-state index in [0.717, 1.165) is 4.44 Å². The number of aliphatic hydroxyl groups is 2. The molecule has 0 fully saturated rings. The fourth-order valence-electron chi connectivity index (χ4n) is 3.90. The van der Waals surface area contributed by atoms with E-state index in [1.807, 2.05) is 6.92 Å². The Morgan fingerprint density at radius 2 is 1.41 bits per heavy atom. The Labute approximate surface area is 172 Å². The molecular weight excluding hydrogens is 447 g/mol. The number of carbonyl (C=O) groups is 1. The molecule has 0 aliphatic heterocycles. The van der Waals surface area contributed by atoms with Gasteiger partial charge in [-0.15, -0.1) is 0 Å². The number of aliphatic hydroxyl groups excluding tert-OH is 2. The first kappa shape index (κ1) is 27.1. The number of rotatable bonds is 17. The van der Waals surface area contributed by atoms with Crippen molar-refractivity contribution >= 4 is 24.3 Å². The zero-order valence-electron chi connectivity index (χ0n) is 18.6. The Morgan fingerprint density at radius 3 is 1.78 bits per heavy atom. The van der Waals surface area contributed by atoms with Gasteiger partial charge in [-0.25, -0.2) is 0 Å². The van der Waals surface area contributed by atoms with Gasteiger partial charge in [-0.05, 0) is 0 Å². The molecule has 0 saturated carbocycles. The zero-order chi connectivity index (χ0) is 20.7. The standard InChI is InChI=1S/C9H19N2O3.3C4H9.Sn/c1-4-9(14)10-11(5-7(2)12)6-8(3)13;3*1-3-4-2;/h7-8,12-13H,2,4-6H2,1,3H3,(H,10,14);3*1,3-4H2,2H3;. The van der Waals surface area contributed by atoms with Crippen LogP contribution in [0.5, 0.6) is 0 Å². The summed E-state index contributed by atoms with van der Waals surface area (Å²) < 4.78 is 5.10. The molecule has 0 aromatic heterocycles. The molecule has 2 atom stereocenters. The van der Waals surface area contributed by atoms with Gasteiger partial charge in [-0.3, -0.25) is 0 Å². The second-order valence-corrected chi connectivity index (χ2v) is 22.3. The van der Waals surface area contributed by atoms with Crippen molar-refractivity contribution in [3.8, 4) is 0 Å². The van der Waals surface area contributed by atoms with Crippen LogP contribution in [0.1, 0.15) is 79.6 Å². The van der Waals surface area contributed by atoms with Crippen molar-refractivity contribution in [2.24, 2.45) is 0 Å². The second kappa shape index (κ2) is 16.0. The van der Waals surface area contributed by atoms with Crippen LogP contribution in [0.25, 0.3) is 0 Å². The van der Waals surface area contributed by atoms with Crippen LogP contribution in [-0.2, 0) is 4.79 Å². The molecule has 27 heavy (non-hydrogen) atoms. The third kappa shape index (κ3) is 13.1. The number of amides is 1. The summed E-state index contributed by atoms with van der Waals surface area (Å²) in [5, 5.41) is 22.4. The predicted octanol–water partition coefficient (Wildman–Crippen LogP) is 4.32. The number of nitrogens with zero attached hydrogens (tertiary/aromatic N) is 1. The zero-order valence-corrected chi connectivity index (χ0v) is 21.5. The van der Waals surface area contributed by atoms with Crippen molar-refractivity contribution in [2.75, 3.05) is 13.1 Å². The molecule has 0 saturated heterocycles. The topological polar surface area (TPSA) is 72.8 Å². The van der Waals surface area contributed by atoms with Gasteiger partial charge >= 0.3 is 172 Å². The second-order valence-electron chi connectivity index (χ2n) is 8.31. The van der Waals surface area contributed by atoms with Gasteiger partial charge < -0.3 is 0 Å². The Balaban J connectivity index is 5.10. The number of hydrogen-bond acceptors (Lipinski definition) is 4. The van der Waals surface area contributed by atoms with E-state index < -0.39 is 30.6 Å². The van der Waals surface area contributed by atoms with E-state index in [1.165, 1.54) is 51.8 Å². The van der Waals surface area contributed by atoms with Crippen LogP contribution in [0.3, 0.4) is 0 Å². The van der Waals surface area contributed by atoms with Crippen molar-refractivity contribution in [3.63, 3.8) is 0 Å². The van der Waals surface area contributed by atoms with Crippen LogP contribution in [0.4, 0.5) is 0 Å². The van der Waals surface area contributed by atoms with Gasteiger partial charge in [-0.2, -0.15) is 0 Å². The monoisotopic (exact) mass is 494 g/mol. The Bertz CT molecular complexity index is 359. The Kier molecular flexibility index (Phi) is 16.1. The molecule has 0 aromatic carbocycles. The summed E-state index contributed by atoms with van der Waals surface area (Å²) >= 11 is -2.41. The van der Waals surface area contributed by atoms with Crippen LogP contribution >= 0.6 is 0 Å². The van der Waals surface area contributed by atoms with E-state index in [-0.39, 0.29) is 5.91 Å². The molecule has 0 spiro atoms. The van der Waals surface area contributed by atoms with Crippen LogP contribution in [0.15, 0.2) is 0 Å². The molecule has 5 nitrogen and oxygen atoms in total. The van der Waals surface area contributed by atoms with E-state index >= 15 is 0 Å².